The van der Waals surface area contributed by atoms with Crippen molar-refractivity contribution >= 4 is 17.9 Å². The molecule has 9 nitrogen and oxygen atoms in total. The lowest BCUT2D eigenvalue weighted by molar-refractivity contribution is -0.151. The summed E-state index contributed by atoms with van der Waals surface area (Å²) in [7, 11) is 0. The molecule has 0 heterocycles. The smallest absolute Gasteiger partial charge is 0.306 e. The minimum absolute atomic E-state index is 0.0217. The van der Waals surface area contributed by atoms with E-state index in [1.54, 1.807) is 0 Å². The average molecular weight is 1270 g/mol. The zero-order valence-corrected chi connectivity index (χ0v) is 61.6. The number of esters is 2. The van der Waals surface area contributed by atoms with E-state index in [9.17, 15) is 19.5 Å². The second-order valence-electron chi connectivity index (χ2n) is 28.1. The van der Waals surface area contributed by atoms with E-state index >= 15 is 0 Å². The number of aliphatic hydroxyl groups is 1. The molecule has 0 aliphatic carbocycles. The highest BCUT2D eigenvalue weighted by Crippen LogP contribution is 2.24. The maximum absolute atomic E-state index is 13.1. The van der Waals surface area contributed by atoms with E-state index in [4.69, 9.17) is 14.2 Å². The van der Waals surface area contributed by atoms with Crippen molar-refractivity contribution in [2.24, 2.45) is 0 Å². The highest BCUT2D eigenvalue weighted by molar-refractivity contribution is 5.69. The normalized spacial score (nSPS) is 11.8. The molecule has 0 aromatic rings. The molecule has 534 valence electrons. The molecule has 0 bridgehead atoms. The number of nitrogens with zero attached hydrogens (tertiary/aromatic N) is 2. The summed E-state index contributed by atoms with van der Waals surface area (Å²) in [5, 5.41) is 10.1. The number of ether oxygens (including phenoxy) is 3. The van der Waals surface area contributed by atoms with Crippen molar-refractivity contribution in [2.45, 2.75) is 452 Å². The van der Waals surface area contributed by atoms with E-state index in [2.05, 4.69) is 57.3 Å². The van der Waals surface area contributed by atoms with E-state index in [0.717, 1.165) is 155 Å². The molecule has 0 aromatic heterocycles. The molecule has 0 fully saturated rings. The van der Waals surface area contributed by atoms with Crippen molar-refractivity contribution in [1.82, 2.24) is 9.80 Å². The van der Waals surface area contributed by atoms with E-state index in [1.165, 1.54) is 257 Å². The predicted molar refractivity (Wildman–Crippen MR) is 389 cm³/mol. The Morgan fingerprint density at radius 3 is 0.778 bits per heavy atom. The maximum atomic E-state index is 13.1. The Balaban J connectivity index is 5.28. The Kier molecular flexibility index (Phi) is 71.3. The van der Waals surface area contributed by atoms with Gasteiger partial charge in [-0.2, -0.15) is 0 Å². The summed E-state index contributed by atoms with van der Waals surface area (Å²) < 4.78 is 18.8. The SMILES string of the molecule is CCCCCCCCC(CCCCCCCC)OC(=O)CCCCCCCN(CCCCCCCC(=O)OC(CCCCCCCC)CCCCCCCC)CCCN(CCO)CCCCCCCC(=C=O)OC(CCCCCCCC)CCCCCCCC. The van der Waals surface area contributed by atoms with Crippen molar-refractivity contribution in [3.63, 3.8) is 0 Å². The highest BCUT2D eigenvalue weighted by atomic mass is 16.5. The molecule has 0 saturated carbocycles. The van der Waals surface area contributed by atoms with Crippen LogP contribution >= 0.6 is 0 Å². The summed E-state index contributed by atoms with van der Waals surface area (Å²) in [6.45, 7) is 19.9. The molecule has 0 radical (unpaired) electrons. The number of carbonyl (C=O) groups is 2. The van der Waals surface area contributed by atoms with Gasteiger partial charge in [-0.3, -0.25) is 9.59 Å². The lowest BCUT2D eigenvalue weighted by Gasteiger charge is -2.26. The first kappa shape index (κ1) is 88.1. The van der Waals surface area contributed by atoms with Crippen LogP contribution in [0.5, 0.6) is 0 Å². The molecule has 0 rings (SSSR count). The fourth-order valence-electron chi connectivity index (χ4n) is 13.3. The van der Waals surface area contributed by atoms with Gasteiger partial charge in [0.05, 0.1) is 12.7 Å². The van der Waals surface area contributed by atoms with E-state index < -0.39 is 0 Å². The van der Waals surface area contributed by atoms with Crippen LogP contribution in [0, 0.1) is 0 Å². The molecule has 0 saturated heterocycles. The van der Waals surface area contributed by atoms with Gasteiger partial charge >= 0.3 is 11.9 Å². The average Bonchev–Trinajstić information content (AvgIpc) is 3.73. The summed E-state index contributed by atoms with van der Waals surface area (Å²) in [4.78, 5) is 43.5. The quantitative estimate of drug-likeness (QED) is 0.0276. The largest absolute Gasteiger partial charge is 0.483 e. The van der Waals surface area contributed by atoms with E-state index in [0.29, 0.717) is 25.0 Å². The third-order valence-electron chi connectivity index (χ3n) is 19.3. The van der Waals surface area contributed by atoms with Crippen LogP contribution in [-0.2, 0) is 28.6 Å². The van der Waals surface area contributed by atoms with Crippen LogP contribution in [0.25, 0.3) is 0 Å². The molecule has 0 aliphatic heterocycles. The molecule has 9 heteroatoms. The molecular weight excluding hydrogens is 1110 g/mol. The van der Waals surface area contributed by atoms with Gasteiger partial charge in [-0.05, 0) is 155 Å². The summed E-state index contributed by atoms with van der Waals surface area (Å²) in [5.41, 5.74) is 0. The number of allylic oxidation sites excluding steroid dienone is 1. The van der Waals surface area contributed by atoms with E-state index in [-0.39, 0.29) is 36.9 Å². The predicted octanol–water partition coefficient (Wildman–Crippen LogP) is 24.4. The Hall–Kier alpha value is -1.93. The summed E-state index contributed by atoms with van der Waals surface area (Å²) in [5.74, 6) is 2.79. The number of hydrogen-bond acceptors (Lipinski definition) is 9. The molecule has 0 atom stereocenters. The second-order valence-corrected chi connectivity index (χ2v) is 28.1. The number of hydrogen-bond donors (Lipinski definition) is 1. The highest BCUT2D eigenvalue weighted by Gasteiger charge is 2.18. The monoisotopic (exact) mass is 1270 g/mol. The van der Waals surface area contributed by atoms with Crippen molar-refractivity contribution in [2.75, 3.05) is 45.9 Å². The molecule has 90 heavy (non-hydrogen) atoms. The van der Waals surface area contributed by atoms with Crippen LogP contribution in [0.15, 0.2) is 5.76 Å². The second kappa shape index (κ2) is 72.9. The Morgan fingerprint density at radius 1 is 0.278 bits per heavy atom. The number of carbonyl (C=O) groups excluding carboxylic acids is 3. The van der Waals surface area contributed by atoms with Crippen LogP contribution in [0.4, 0.5) is 0 Å². The zero-order valence-electron chi connectivity index (χ0n) is 61.6. The number of rotatable bonds is 76. The van der Waals surface area contributed by atoms with Gasteiger partial charge in [0, 0.05) is 25.8 Å². The third kappa shape index (κ3) is 63.5. The number of aliphatic hydroxyl groups excluding tert-OH is 1. The summed E-state index contributed by atoms with van der Waals surface area (Å²) >= 11 is 0. The van der Waals surface area contributed by atoms with Gasteiger partial charge in [-0.15, -0.1) is 0 Å². The van der Waals surface area contributed by atoms with Gasteiger partial charge in [0.25, 0.3) is 0 Å². The molecule has 0 aliphatic rings. The van der Waals surface area contributed by atoms with Gasteiger partial charge in [0.2, 0.25) is 0 Å². The van der Waals surface area contributed by atoms with Crippen molar-refractivity contribution in [3.8, 4) is 0 Å². The molecule has 0 unspecified atom stereocenters. The Bertz CT molecular complexity index is 1390. The van der Waals surface area contributed by atoms with Gasteiger partial charge in [-0.1, -0.05) is 292 Å². The first-order valence-corrected chi connectivity index (χ1v) is 40.6. The molecule has 0 aromatic carbocycles. The van der Waals surface area contributed by atoms with Crippen LogP contribution in [0.2, 0.25) is 0 Å². The van der Waals surface area contributed by atoms with Crippen LogP contribution in [-0.4, -0.2) is 97.0 Å². The first-order chi connectivity index (χ1) is 44.3. The van der Waals surface area contributed by atoms with Gasteiger partial charge in [0.15, 0.2) is 11.7 Å². The van der Waals surface area contributed by atoms with Crippen LogP contribution in [0.3, 0.4) is 0 Å². The Morgan fingerprint density at radius 2 is 0.500 bits per heavy atom. The van der Waals surface area contributed by atoms with Crippen molar-refractivity contribution in [1.29, 1.82) is 0 Å². The lowest BCUT2D eigenvalue weighted by Crippen LogP contribution is -2.33. The van der Waals surface area contributed by atoms with Crippen molar-refractivity contribution in [3.05, 3.63) is 5.76 Å². The first-order valence-electron chi connectivity index (χ1n) is 40.6. The van der Waals surface area contributed by atoms with Gasteiger partial charge in [-0.25, -0.2) is 4.79 Å². The fourth-order valence-corrected chi connectivity index (χ4v) is 13.3. The molecular formula is C81H158N2O7. The molecule has 0 amide bonds. The van der Waals surface area contributed by atoms with Crippen LogP contribution in [0.1, 0.15) is 433 Å². The minimum Gasteiger partial charge on any atom is -0.483 e. The molecule has 1 N–H and O–H groups in total. The summed E-state index contributed by atoms with van der Waals surface area (Å²) in [6.07, 6.45) is 72.0. The number of unbranched alkanes of at least 4 members (excludes halogenated alkanes) is 42. The van der Waals surface area contributed by atoms with Crippen molar-refractivity contribution < 1.29 is 33.7 Å². The summed E-state index contributed by atoms with van der Waals surface area (Å²) in [6, 6.07) is 0. The Labute approximate surface area is 561 Å². The molecule has 0 spiro atoms. The van der Waals surface area contributed by atoms with Crippen LogP contribution < -0.4 is 0 Å². The minimum atomic E-state index is 0.0217. The van der Waals surface area contributed by atoms with Gasteiger partial charge in [0.1, 0.15) is 12.2 Å². The zero-order chi connectivity index (χ0) is 65.5. The maximum Gasteiger partial charge on any atom is 0.306 e. The van der Waals surface area contributed by atoms with Gasteiger partial charge < -0.3 is 29.1 Å². The topological polar surface area (TPSA) is 106 Å². The lowest BCUT2D eigenvalue weighted by atomic mass is 10.0. The standard InChI is InChI=1S/C81H158N2O7/c1-7-13-19-25-34-46-59-76(60-47-35-26-20-14-8-2)88-79(75-85)65-52-40-31-43-57-70-83(73-74-84)72-58-71-82(68-55-44-32-41-53-66-80(86)89-77(61-48-36-27-21-15-9-3)62-49-37-28-22-16-10-4)69-56-45-33-42-54-67-81(87)90-78(63-50-38-29-23-17-11-5)64-51-39-30-24-18-12-6/h76-78,84H,7-74H2,1-6H3. The third-order valence-corrected chi connectivity index (χ3v) is 19.3. The van der Waals surface area contributed by atoms with E-state index in [1.807, 2.05) is 0 Å². The fraction of sp³-hybridized carbons (Fsp3) is 0.951.